The van der Waals surface area contributed by atoms with Gasteiger partial charge in [0.1, 0.15) is 18.1 Å². The van der Waals surface area contributed by atoms with Crippen molar-refractivity contribution in [2.75, 3.05) is 0 Å². The predicted octanol–water partition coefficient (Wildman–Crippen LogP) is 6.87. The molecule has 0 spiro atoms. The summed E-state index contributed by atoms with van der Waals surface area (Å²) < 4.78 is 7.18. The smallest absolute Gasteiger partial charge is 0.354 e. The molecule has 0 radical (unpaired) electrons. The van der Waals surface area contributed by atoms with Crippen LogP contribution >= 0.6 is 27.5 Å². The Bertz CT molecular complexity index is 1130. The molecular weight excluding hydrogens is 466 g/mol. The van der Waals surface area contributed by atoms with Gasteiger partial charge in [0, 0.05) is 15.1 Å². The van der Waals surface area contributed by atoms with Crippen molar-refractivity contribution in [3.8, 4) is 5.75 Å². The molecule has 0 atom stereocenters. The highest BCUT2D eigenvalue weighted by Crippen LogP contribution is 2.43. The van der Waals surface area contributed by atoms with Crippen LogP contribution in [0.15, 0.2) is 65.1 Å². The lowest BCUT2D eigenvalue weighted by molar-refractivity contribution is 0.0690. The number of hydrogen-bond acceptors (Lipinski definition) is 3. The maximum Gasteiger partial charge on any atom is 0.354 e. The number of carbonyl (C=O) groups is 1. The molecule has 0 bridgehead atoms. The van der Waals surface area contributed by atoms with Gasteiger partial charge >= 0.3 is 5.97 Å². The van der Waals surface area contributed by atoms with Gasteiger partial charge in [0.05, 0.1) is 5.69 Å². The second kappa shape index (κ2) is 9.02. The number of halogens is 2. The molecule has 3 aromatic rings. The average Bonchev–Trinajstić information content (AvgIpc) is 3.24. The van der Waals surface area contributed by atoms with Gasteiger partial charge in [-0.3, -0.25) is 0 Å². The fraction of sp³-hybridized carbons (Fsp3) is 0.167. The molecule has 152 valence electrons. The Balaban J connectivity index is 1.70. The number of pyridine rings is 1. The van der Waals surface area contributed by atoms with Crippen molar-refractivity contribution in [1.29, 1.82) is 0 Å². The van der Waals surface area contributed by atoms with Crippen LogP contribution in [0.5, 0.6) is 5.75 Å². The molecule has 1 heterocycles. The van der Waals surface area contributed by atoms with Crippen molar-refractivity contribution >= 4 is 44.6 Å². The van der Waals surface area contributed by atoms with Crippen LogP contribution in [-0.4, -0.2) is 16.1 Å². The molecule has 1 aromatic heterocycles. The Kier molecular flexibility index (Phi) is 6.21. The number of hydrogen-bond donors (Lipinski definition) is 1. The van der Waals surface area contributed by atoms with Crippen molar-refractivity contribution in [2.24, 2.45) is 0 Å². The summed E-state index contributed by atoms with van der Waals surface area (Å²) in [6.45, 7) is 0.442. The third-order valence-corrected chi connectivity index (χ3v) is 5.83. The molecule has 1 N–H and O–H groups in total. The number of aromatic carboxylic acids is 1. The van der Waals surface area contributed by atoms with Crippen LogP contribution in [0.1, 0.15) is 46.6 Å². The lowest BCUT2D eigenvalue weighted by Gasteiger charge is -2.15. The summed E-state index contributed by atoms with van der Waals surface area (Å²) in [6.07, 6.45) is 2.68. The summed E-state index contributed by atoms with van der Waals surface area (Å²) in [6, 6.07) is 18.7. The molecule has 30 heavy (non-hydrogen) atoms. The maximum atomic E-state index is 11.3. The SMILES string of the molecule is O=C(O)c1cccc(C2=C(c3cc(Cl)ccc3OCc3ccc(Br)cc3)CCC2)n1. The number of benzene rings is 2. The van der Waals surface area contributed by atoms with Crippen molar-refractivity contribution < 1.29 is 14.6 Å². The fourth-order valence-corrected chi connectivity index (χ4v) is 4.09. The van der Waals surface area contributed by atoms with E-state index in [-0.39, 0.29) is 5.69 Å². The first kappa shape index (κ1) is 20.6. The lowest BCUT2D eigenvalue weighted by atomic mass is 9.99. The normalized spacial score (nSPS) is 13.5. The van der Waals surface area contributed by atoms with Gasteiger partial charge in [-0.15, -0.1) is 0 Å². The molecule has 6 heteroatoms. The van der Waals surface area contributed by atoms with E-state index in [4.69, 9.17) is 16.3 Å². The van der Waals surface area contributed by atoms with E-state index in [0.717, 1.165) is 51.8 Å². The number of ether oxygens (including phenoxy) is 1. The summed E-state index contributed by atoms with van der Waals surface area (Å²) in [4.78, 5) is 15.7. The Morgan fingerprint density at radius 3 is 2.60 bits per heavy atom. The number of nitrogens with zero attached hydrogens (tertiary/aromatic N) is 1. The zero-order valence-electron chi connectivity index (χ0n) is 16.1. The molecule has 2 aromatic carbocycles. The van der Waals surface area contributed by atoms with Gasteiger partial charge in [-0.05, 0) is 78.4 Å². The van der Waals surface area contributed by atoms with E-state index in [9.17, 15) is 9.90 Å². The van der Waals surface area contributed by atoms with E-state index in [1.54, 1.807) is 6.07 Å². The minimum Gasteiger partial charge on any atom is -0.488 e. The third-order valence-electron chi connectivity index (χ3n) is 5.07. The molecule has 0 aliphatic heterocycles. The predicted molar refractivity (Wildman–Crippen MR) is 122 cm³/mol. The molecule has 0 amide bonds. The lowest BCUT2D eigenvalue weighted by Crippen LogP contribution is -2.02. The first-order valence-electron chi connectivity index (χ1n) is 9.61. The van der Waals surface area contributed by atoms with Crippen LogP contribution in [0.3, 0.4) is 0 Å². The van der Waals surface area contributed by atoms with E-state index in [1.165, 1.54) is 6.07 Å². The van der Waals surface area contributed by atoms with E-state index in [1.807, 2.05) is 48.5 Å². The number of carboxylic acids is 1. The van der Waals surface area contributed by atoms with Crippen molar-refractivity contribution in [3.63, 3.8) is 0 Å². The second-order valence-electron chi connectivity index (χ2n) is 7.08. The number of aromatic nitrogens is 1. The minimum atomic E-state index is -1.03. The number of rotatable bonds is 6. The highest BCUT2D eigenvalue weighted by atomic mass is 79.9. The Labute approximate surface area is 188 Å². The zero-order valence-corrected chi connectivity index (χ0v) is 18.4. The second-order valence-corrected chi connectivity index (χ2v) is 8.43. The Morgan fingerprint density at radius 1 is 1.07 bits per heavy atom. The van der Waals surface area contributed by atoms with E-state index < -0.39 is 5.97 Å². The molecular formula is C24H19BrClNO3. The minimum absolute atomic E-state index is 0.0454. The molecule has 1 aliphatic carbocycles. The van der Waals surface area contributed by atoms with Gasteiger partial charge < -0.3 is 9.84 Å². The highest BCUT2D eigenvalue weighted by molar-refractivity contribution is 9.10. The number of allylic oxidation sites excluding steroid dienone is 2. The third kappa shape index (κ3) is 4.58. The summed E-state index contributed by atoms with van der Waals surface area (Å²) >= 11 is 9.76. The average molecular weight is 485 g/mol. The van der Waals surface area contributed by atoms with Crippen LogP contribution in [-0.2, 0) is 6.61 Å². The zero-order chi connectivity index (χ0) is 21.1. The Morgan fingerprint density at radius 2 is 1.83 bits per heavy atom. The van der Waals surface area contributed by atoms with Gasteiger partial charge in [0.25, 0.3) is 0 Å². The Hall–Kier alpha value is -2.63. The van der Waals surface area contributed by atoms with Crippen LogP contribution in [0, 0.1) is 0 Å². The van der Waals surface area contributed by atoms with Gasteiger partial charge in [-0.2, -0.15) is 0 Å². The van der Waals surface area contributed by atoms with Crippen LogP contribution in [0.2, 0.25) is 5.02 Å². The molecule has 1 aliphatic rings. The van der Waals surface area contributed by atoms with Gasteiger partial charge in [0.2, 0.25) is 0 Å². The first-order chi connectivity index (χ1) is 14.5. The first-order valence-corrected chi connectivity index (χ1v) is 10.8. The molecule has 0 fully saturated rings. The monoisotopic (exact) mass is 483 g/mol. The molecule has 4 rings (SSSR count). The van der Waals surface area contributed by atoms with Crippen LogP contribution < -0.4 is 4.74 Å². The van der Waals surface area contributed by atoms with Crippen molar-refractivity contribution in [3.05, 3.63) is 92.7 Å². The quantitative estimate of drug-likeness (QED) is 0.415. The van der Waals surface area contributed by atoms with E-state index in [2.05, 4.69) is 20.9 Å². The van der Waals surface area contributed by atoms with E-state index >= 15 is 0 Å². The van der Waals surface area contributed by atoms with Gasteiger partial charge in [0.15, 0.2) is 0 Å². The van der Waals surface area contributed by atoms with Crippen molar-refractivity contribution in [2.45, 2.75) is 25.9 Å². The summed E-state index contributed by atoms with van der Waals surface area (Å²) in [5, 5.41) is 9.92. The number of carboxylic acid groups (broad SMARTS) is 1. The van der Waals surface area contributed by atoms with Gasteiger partial charge in [-0.25, -0.2) is 9.78 Å². The van der Waals surface area contributed by atoms with Crippen LogP contribution in [0.25, 0.3) is 11.1 Å². The largest absolute Gasteiger partial charge is 0.488 e. The van der Waals surface area contributed by atoms with Gasteiger partial charge in [-0.1, -0.05) is 45.7 Å². The van der Waals surface area contributed by atoms with Crippen LogP contribution in [0.4, 0.5) is 0 Å². The molecule has 4 nitrogen and oxygen atoms in total. The maximum absolute atomic E-state index is 11.3. The van der Waals surface area contributed by atoms with E-state index in [0.29, 0.717) is 17.3 Å². The summed E-state index contributed by atoms with van der Waals surface area (Å²) in [7, 11) is 0. The summed E-state index contributed by atoms with van der Waals surface area (Å²) in [5.74, 6) is -0.274. The topological polar surface area (TPSA) is 59.4 Å². The molecule has 0 saturated carbocycles. The van der Waals surface area contributed by atoms with Crippen molar-refractivity contribution in [1.82, 2.24) is 4.98 Å². The summed E-state index contributed by atoms with van der Waals surface area (Å²) in [5.41, 5.74) is 4.91. The molecule has 0 unspecified atom stereocenters. The molecule has 0 saturated heterocycles. The highest BCUT2D eigenvalue weighted by Gasteiger charge is 2.22. The fourth-order valence-electron chi connectivity index (χ4n) is 3.65. The standard InChI is InChI=1S/C24H19BrClNO3/c25-16-9-7-15(8-10-16)14-30-23-12-11-17(26)13-20(23)18-3-1-4-19(18)21-5-2-6-22(27-21)24(28)29/h2,5-13H,1,3-4,14H2,(H,28,29).